The number of alkyl halides is 3. The molecule has 0 bridgehead atoms. The standard InChI is InChI=1S/C20H14ClF3N2O4S/c1-30-15-6-5-13(21)7-11(15)8-16-18(28)26(19(29)31-16)10-17(27)25-14-4-2-3-12(9-14)20(22,23)24/h2-9H,10H2,1H3,(H,25,27)/b16-8-. The zero-order valence-electron chi connectivity index (χ0n) is 15.8. The molecule has 2 aromatic rings. The van der Waals surface area contributed by atoms with Crippen LogP contribution in [-0.2, 0) is 15.8 Å². The van der Waals surface area contributed by atoms with Gasteiger partial charge in [0.25, 0.3) is 11.1 Å². The van der Waals surface area contributed by atoms with Gasteiger partial charge in [-0.2, -0.15) is 13.2 Å². The third-order valence-corrected chi connectivity index (χ3v) is 5.27. The molecule has 3 rings (SSSR count). The number of nitrogens with one attached hydrogen (secondary N) is 1. The first-order valence-electron chi connectivity index (χ1n) is 8.64. The summed E-state index contributed by atoms with van der Waals surface area (Å²) in [4.78, 5) is 37.8. The molecule has 1 heterocycles. The Morgan fingerprint density at radius 3 is 2.65 bits per heavy atom. The van der Waals surface area contributed by atoms with E-state index in [1.807, 2.05) is 0 Å². The van der Waals surface area contributed by atoms with Crippen LogP contribution in [0.4, 0.5) is 23.7 Å². The molecule has 3 amide bonds. The second kappa shape index (κ2) is 9.03. The summed E-state index contributed by atoms with van der Waals surface area (Å²) in [7, 11) is 1.43. The molecule has 1 N–H and O–H groups in total. The molecule has 162 valence electrons. The fourth-order valence-electron chi connectivity index (χ4n) is 2.71. The Morgan fingerprint density at radius 1 is 1.23 bits per heavy atom. The second-order valence-corrected chi connectivity index (χ2v) is 7.71. The number of rotatable bonds is 5. The summed E-state index contributed by atoms with van der Waals surface area (Å²) in [5.41, 5.74) is -0.574. The van der Waals surface area contributed by atoms with Crippen molar-refractivity contribution in [3.05, 3.63) is 63.5 Å². The maximum absolute atomic E-state index is 12.8. The lowest BCUT2D eigenvalue weighted by molar-refractivity contribution is -0.137. The van der Waals surface area contributed by atoms with E-state index in [1.54, 1.807) is 18.2 Å². The highest BCUT2D eigenvalue weighted by molar-refractivity contribution is 8.18. The van der Waals surface area contributed by atoms with Gasteiger partial charge in [-0.05, 0) is 54.2 Å². The molecule has 0 aliphatic carbocycles. The number of imide groups is 1. The van der Waals surface area contributed by atoms with E-state index < -0.39 is 35.3 Å². The largest absolute Gasteiger partial charge is 0.496 e. The van der Waals surface area contributed by atoms with E-state index in [0.717, 1.165) is 18.2 Å². The van der Waals surface area contributed by atoms with E-state index in [1.165, 1.54) is 19.3 Å². The monoisotopic (exact) mass is 470 g/mol. The first kappa shape index (κ1) is 22.7. The number of carbonyl (C=O) groups is 3. The molecule has 0 atom stereocenters. The number of halogens is 4. The van der Waals surface area contributed by atoms with Crippen molar-refractivity contribution in [3.63, 3.8) is 0 Å². The normalized spacial score (nSPS) is 15.5. The summed E-state index contributed by atoms with van der Waals surface area (Å²) < 4.78 is 43.6. The van der Waals surface area contributed by atoms with Crippen LogP contribution in [0.2, 0.25) is 5.02 Å². The van der Waals surface area contributed by atoms with Crippen LogP contribution in [0.25, 0.3) is 6.08 Å². The number of hydrogen-bond donors (Lipinski definition) is 1. The van der Waals surface area contributed by atoms with Gasteiger partial charge in [-0.25, -0.2) is 0 Å². The molecule has 1 aliphatic rings. The van der Waals surface area contributed by atoms with Gasteiger partial charge in [-0.1, -0.05) is 17.7 Å². The van der Waals surface area contributed by atoms with Gasteiger partial charge in [0.1, 0.15) is 12.3 Å². The van der Waals surface area contributed by atoms with Gasteiger partial charge >= 0.3 is 6.18 Å². The first-order valence-corrected chi connectivity index (χ1v) is 9.84. The van der Waals surface area contributed by atoms with Crippen molar-refractivity contribution in [3.8, 4) is 5.75 Å². The number of benzene rings is 2. The number of ether oxygens (including phenoxy) is 1. The highest BCUT2D eigenvalue weighted by Crippen LogP contribution is 2.35. The summed E-state index contributed by atoms with van der Waals surface area (Å²) >= 11 is 6.59. The average molecular weight is 471 g/mol. The van der Waals surface area contributed by atoms with Crippen LogP contribution >= 0.6 is 23.4 Å². The van der Waals surface area contributed by atoms with E-state index >= 15 is 0 Å². The van der Waals surface area contributed by atoms with E-state index in [0.29, 0.717) is 33.0 Å². The van der Waals surface area contributed by atoms with Crippen molar-refractivity contribution in [1.82, 2.24) is 4.90 Å². The molecular formula is C20H14ClF3N2O4S. The predicted molar refractivity (Wildman–Crippen MR) is 111 cm³/mol. The quantitative estimate of drug-likeness (QED) is 0.619. The van der Waals surface area contributed by atoms with Gasteiger partial charge in [-0.15, -0.1) is 0 Å². The predicted octanol–water partition coefficient (Wildman–Crippen LogP) is 5.04. The van der Waals surface area contributed by atoms with Crippen molar-refractivity contribution in [2.45, 2.75) is 6.18 Å². The molecule has 1 saturated heterocycles. The highest BCUT2D eigenvalue weighted by Gasteiger charge is 2.36. The Bertz CT molecular complexity index is 1090. The number of methoxy groups -OCH3 is 1. The molecule has 11 heteroatoms. The topological polar surface area (TPSA) is 75.7 Å². The average Bonchev–Trinajstić information content (AvgIpc) is 2.95. The Morgan fingerprint density at radius 2 is 1.97 bits per heavy atom. The third kappa shape index (κ3) is 5.39. The van der Waals surface area contributed by atoms with Gasteiger partial charge in [0, 0.05) is 16.3 Å². The number of hydrogen-bond acceptors (Lipinski definition) is 5. The van der Waals surface area contributed by atoms with Crippen LogP contribution in [-0.4, -0.2) is 35.6 Å². The van der Waals surface area contributed by atoms with Crippen molar-refractivity contribution in [1.29, 1.82) is 0 Å². The Labute approximate surface area is 184 Å². The van der Waals surface area contributed by atoms with Crippen LogP contribution in [0.15, 0.2) is 47.4 Å². The number of amides is 3. The van der Waals surface area contributed by atoms with Gasteiger partial charge in [-0.3, -0.25) is 19.3 Å². The van der Waals surface area contributed by atoms with Crippen molar-refractivity contribution >= 4 is 52.2 Å². The summed E-state index contributed by atoms with van der Waals surface area (Å²) in [6.07, 6.45) is -3.15. The van der Waals surface area contributed by atoms with E-state index in [2.05, 4.69) is 5.32 Å². The molecule has 31 heavy (non-hydrogen) atoms. The SMILES string of the molecule is COc1ccc(Cl)cc1/C=C1\SC(=O)N(CC(=O)Nc2cccc(C(F)(F)F)c2)C1=O. The molecule has 6 nitrogen and oxygen atoms in total. The summed E-state index contributed by atoms with van der Waals surface area (Å²) in [6, 6.07) is 8.78. The second-order valence-electron chi connectivity index (χ2n) is 6.28. The maximum atomic E-state index is 12.8. The minimum absolute atomic E-state index is 0.0532. The fraction of sp³-hybridized carbons (Fsp3) is 0.150. The zero-order chi connectivity index (χ0) is 22.8. The van der Waals surface area contributed by atoms with Crippen LogP contribution in [0.5, 0.6) is 5.75 Å². The third-order valence-electron chi connectivity index (χ3n) is 4.13. The first-order chi connectivity index (χ1) is 14.6. The van der Waals surface area contributed by atoms with Gasteiger partial charge in [0.05, 0.1) is 17.6 Å². The zero-order valence-corrected chi connectivity index (χ0v) is 17.4. The Kier molecular flexibility index (Phi) is 6.61. The number of carbonyl (C=O) groups excluding carboxylic acids is 3. The van der Waals surface area contributed by atoms with Crippen LogP contribution in [0.3, 0.4) is 0 Å². The van der Waals surface area contributed by atoms with Crippen molar-refractivity contribution in [2.75, 3.05) is 19.0 Å². The molecule has 1 fully saturated rings. The van der Waals surface area contributed by atoms with Crippen LogP contribution < -0.4 is 10.1 Å². The highest BCUT2D eigenvalue weighted by atomic mass is 35.5. The minimum Gasteiger partial charge on any atom is -0.496 e. The summed E-state index contributed by atoms with van der Waals surface area (Å²) in [5, 5.41) is 1.97. The van der Waals surface area contributed by atoms with Gasteiger partial charge < -0.3 is 10.1 Å². The lowest BCUT2D eigenvalue weighted by atomic mass is 10.2. The Balaban J connectivity index is 1.73. The van der Waals surface area contributed by atoms with E-state index in [9.17, 15) is 27.6 Å². The molecule has 1 aliphatic heterocycles. The van der Waals surface area contributed by atoms with E-state index in [4.69, 9.17) is 16.3 Å². The molecule has 0 saturated carbocycles. The summed E-state index contributed by atoms with van der Waals surface area (Å²) in [6.45, 7) is -0.648. The van der Waals surface area contributed by atoms with Crippen LogP contribution in [0, 0.1) is 0 Å². The van der Waals surface area contributed by atoms with Crippen molar-refractivity contribution < 1.29 is 32.3 Å². The summed E-state index contributed by atoms with van der Waals surface area (Å²) in [5.74, 6) is -1.10. The molecule has 0 spiro atoms. The molecule has 2 aromatic carbocycles. The fourth-order valence-corrected chi connectivity index (χ4v) is 3.72. The molecular weight excluding hydrogens is 457 g/mol. The maximum Gasteiger partial charge on any atom is 0.416 e. The van der Waals surface area contributed by atoms with Gasteiger partial charge in [0.15, 0.2) is 0 Å². The Hall–Kier alpha value is -2.98. The smallest absolute Gasteiger partial charge is 0.416 e. The van der Waals surface area contributed by atoms with Crippen molar-refractivity contribution in [2.24, 2.45) is 0 Å². The van der Waals surface area contributed by atoms with Crippen LogP contribution in [0.1, 0.15) is 11.1 Å². The molecule has 0 unspecified atom stereocenters. The van der Waals surface area contributed by atoms with Gasteiger partial charge in [0.2, 0.25) is 5.91 Å². The minimum atomic E-state index is -4.57. The number of nitrogens with zero attached hydrogens (tertiary/aromatic N) is 1. The van der Waals surface area contributed by atoms with E-state index in [-0.39, 0.29) is 10.6 Å². The lowest BCUT2D eigenvalue weighted by Gasteiger charge is -2.13. The number of anilines is 1. The lowest BCUT2D eigenvalue weighted by Crippen LogP contribution is -2.36. The number of thioether (sulfide) groups is 1. The molecule has 0 aromatic heterocycles. The molecule has 0 radical (unpaired) electrons.